The van der Waals surface area contributed by atoms with Gasteiger partial charge in [0.05, 0.1) is 25.9 Å². The van der Waals surface area contributed by atoms with Crippen molar-refractivity contribution in [1.82, 2.24) is 42.1 Å². The third-order valence-corrected chi connectivity index (χ3v) is 11.3. The number of rotatable bonds is 16. The highest BCUT2D eigenvalue weighted by Crippen LogP contribution is 2.15. The standard InChI is InChI=1S/C39H59N11O13S/c1-5-20(2)33-38(61)46-24(10-11-28(40)52)35(58)48-27(17-29(41)53)36(59)47-25(39(62)50(4)19-32(56)44-21(3)34(57)43-18-30(42)54)12-14-64(63)15-13-31(55)45-26(37(60)49-33)16-22-6-8-23(51)9-7-22/h6-9,20-21,24-27,33,51H,5,10-19H2,1-4H3,(H2,40,52)(H2,41,53)(H2,42,54)(H,43,57)(H,44,56)(H,45,55)(H,46,61)(H,47,59)(H,48,58)(H,49,60)/t20-,21-,24-,25-,26-,27-,33-,64?/m0/s1. The minimum Gasteiger partial charge on any atom is -0.616 e. The fraction of sp³-hybridized carbons (Fsp3) is 0.564. The Labute approximate surface area is 372 Å². The Bertz CT molecular complexity index is 1890. The second-order valence-corrected chi connectivity index (χ2v) is 17.0. The highest BCUT2D eigenvalue weighted by Gasteiger charge is 2.36. The molecule has 1 heterocycles. The van der Waals surface area contributed by atoms with Crippen LogP contribution in [0.1, 0.15) is 64.9 Å². The first-order valence-electron chi connectivity index (χ1n) is 20.3. The topological polar surface area (TPSA) is 397 Å². The number of hydrogen-bond donors (Lipinski definition) is 11. The van der Waals surface area contributed by atoms with Gasteiger partial charge in [0.2, 0.25) is 65.0 Å². The first-order chi connectivity index (χ1) is 30.0. The predicted octanol–water partition coefficient (Wildman–Crippen LogP) is -5.35. The molecule has 0 spiro atoms. The quantitative estimate of drug-likeness (QED) is 0.0691. The molecule has 1 aliphatic heterocycles. The molecule has 1 unspecified atom stereocenters. The van der Waals surface area contributed by atoms with E-state index in [1.54, 1.807) is 13.8 Å². The van der Waals surface area contributed by atoms with Crippen molar-refractivity contribution < 1.29 is 62.4 Å². The zero-order valence-corrected chi connectivity index (χ0v) is 36.9. The third-order valence-electron chi connectivity index (χ3n) is 9.94. The van der Waals surface area contributed by atoms with Crippen LogP contribution in [0.3, 0.4) is 0 Å². The molecule has 64 heavy (non-hydrogen) atoms. The van der Waals surface area contributed by atoms with Crippen molar-refractivity contribution in [1.29, 1.82) is 0 Å². The number of carbonyl (C=O) groups excluding carboxylic acids is 11. The summed E-state index contributed by atoms with van der Waals surface area (Å²) in [6.07, 6.45) is -2.25. The van der Waals surface area contributed by atoms with Gasteiger partial charge in [0.25, 0.3) is 0 Å². The van der Waals surface area contributed by atoms with E-state index in [-0.39, 0.29) is 36.5 Å². The largest absolute Gasteiger partial charge is 0.616 e. The highest BCUT2D eigenvalue weighted by molar-refractivity contribution is 7.91. The normalized spacial score (nSPS) is 22.7. The van der Waals surface area contributed by atoms with E-state index < -0.39 is 151 Å². The summed E-state index contributed by atoms with van der Waals surface area (Å²) in [6, 6.07) is -3.04. The minimum atomic E-state index is -1.86. The van der Waals surface area contributed by atoms with Crippen molar-refractivity contribution in [2.75, 3.05) is 31.6 Å². The molecule has 1 aromatic carbocycles. The first-order valence-corrected chi connectivity index (χ1v) is 21.8. The number of primary amides is 3. The van der Waals surface area contributed by atoms with Crippen LogP contribution in [-0.2, 0) is 70.3 Å². The number of carbonyl (C=O) groups is 11. The predicted molar refractivity (Wildman–Crippen MR) is 228 cm³/mol. The molecule has 0 aliphatic carbocycles. The van der Waals surface area contributed by atoms with Gasteiger partial charge in [-0.25, -0.2) is 0 Å². The molecule has 11 amide bonds. The van der Waals surface area contributed by atoms with Crippen LogP contribution in [-0.4, -0.2) is 147 Å². The van der Waals surface area contributed by atoms with E-state index in [1.807, 2.05) is 0 Å². The maximum absolute atomic E-state index is 13.9. The molecule has 0 bridgehead atoms. The van der Waals surface area contributed by atoms with Gasteiger partial charge in [-0.2, -0.15) is 0 Å². The van der Waals surface area contributed by atoms with Crippen molar-refractivity contribution in [2.24, 2.45) is 23.1 Å². The molecule has 1 fully saturated rings. The lowest BCUT2D eigenvalue weighted by atomic mass is 9.96. The smallest absolute Gasteiger partial charge is 0.245 e. The lowest BCUT2D eigenvalue weighted by Crippen LogP contribution is -2.61. The summed E-state index contributed by atoms with van der Waals surface area (Å²) < 4.78 is 13.3. The van der Waals surface area contributed by atoms with Crippen LogP contribution < -0.4 is 54.4 Å². The Hall–Kier alpha value is -6.50. The summed E-state index contributed by atoms with van der Waals surface area (Å²) >= 11 is -1.86. The average Bonchev–Trinajstić information content (AvgIpc) is 3.22. The van der Waals surface area contributed by atoms with Crippen LogP contribution in [0.5, 0.6) is 5.75 Å². The number of nitrogens with two attached hydrogens (primary N) is 3. The molecule has 8 atom stereocenters. The molecule has 25 heteroatoms. The molecule has 24 nitrogen and oxygen atoms in total. The van der Waals surface area contributed by atoms with Gasteiger partial charge in [-0.15, -0.1) is 0 Å². The van der Waals surface area contributed by atoms with E-state index in [2.05, 4.69) is 37.2 Å². The number of phenolic OH excluding ortho intramolecular Hbond substituents is 1. The first kappa shape index (κ1) is 53.6. The van der Waals surface area contributed by atoms with Crippen LogP contribution in [0.25, 0.3) is 0 Å². The Kier molecular flexibility index (Phi) is 22.0. The Balaban J connectivity index is 2.56. The Morgan fingerprint density at radius 3 is 2.03 bits per heavy atom. The van der Waals surface area contributed by atoms with Crippen molar-refractivity contribution in [3.63, 3.8) is 0 Å². The molecule has 1 saturated heterocycles. The molecule has 354 valence electrons. The van der Waals surface area contributed by atoms with Crippen LogP contribution >= 0.6 is 0 Å². The number of nitrogens with zero attached hydrogens (tertiary/aromatic N) is 1. The number of benzene rings is 1. The third kappa shape index (κ3) is 18.9. The summed E-state index contributed by atoms with van der Waals surface area (Å²) in [6.45, 7) is 3.48. The summed E-state index contributed by atoms with van der Waals surface area (Å²) in [4.78, 5) is 144. The fourth-order valence-electron chi connectivity index (χ4n) is 6.13. The van der Waals surface area contributed by atoms with Gasteiger partial charge in [-0.1, -0.05) is 43.6 Å². The van der Waals surface area contributed by atoms with Crippen molar-refractivity contribution in [3.05, 3.63) is 29.8 Å². The Morgan fingerprint density at radius 1 is 0.828 bits per heavy atom. The SMILES string of the molecule is CC[C@H](C)[C@@H]1NC(=O)[C@H](Cc2ccc(O)cc2)NC(=O)CC[S+]([O-])CC[C@@H](C(=O)N(C)CC(=O)N[C@@H](C)C(=O)NCC(N)=O)NC(=O)[C@H](CC(N)=O)NC(=O)[C@H](CCC(N)=O)NC1=O. The maximum Gasteiger partial charge on any atom is 0.245 e. The van der Waals surface area contributed by atoms with Crippen LogP contribution in [0, 0.1) is 5.92 Å². The van der Waals surface area contributed by atoms with Crippen LogP contribution in [0.15, 0.2) is 24.3 Å². The Morgan fingerprint density at radius 2 is 1.44 bits per heavy atom. The van der Waals surface area contributed by atoms with E-state index >= 15 is 0 Å². The van der Waals surface area contributed by atoms with Gasteiger partial charge in [-0.05, 0) is 37.0 Å². The van der Waals surface area contributed by atoms with Crippen molar-refractivity contribution in [3.8, 4) is 5.75 Å². The second kappa shape index (κ2) is 26.2. The van der Waals surface area contributed by atoms with E-state index in [4.69, 9.17) is 17.2 Å². The van der Waals surface area contributed by atoms with Gasteiger partial charge in [0, 0.05) is 26.3 Å². The lowest BCUT2D eigenvalue weighted by Gasteiger charge is -2.29. The molecule has 0 radical (unpaired) electrons. The summed E-state index contributed by atoms with van der Waals surface area (Å²) in [5.41, 5.74) is 16.3. The number of aromatic hydroxyl groups is 1. The van der Waals surface area contributed by atoms with Gasteiger partial charge in [-0.3, -0.25) is 52.7 Å². The van der Waals surface area contributed by atoms with Gasteiger partial charge in [0.1, 0.15) is 53.5 Å². The van der Waals surface area contributed by atoms with E-state index in [1.165, 1.54) is 38.2 Å². The molecule has 0 saturated carbocycles. The lowest BCUT2D eigenvalue weighted by molar-refractivity contribution is -0.140. The molecule has 2 rings (SSSR count). The minimum absolute atomic E-state index is 0.0590. The van der Waals surface area contributed by atoms with Crippen molar-refractivity contribution in [2.45, 2.75) is 102 Å². The van der Waals surface area contributed by atoms with E-state index in [0.29, 0.717) is 12.0 Å². The summed E-state index contributed by atoms with van der Waals surface area (Å²) in [5.74, 6) is -11.2. The van der Waals surface area contributed by atoms with Crippen LogP contribution in [0.2, 0.25) is 0 Å². The maximum atomic E-state index is 13.9. The molecule has 1 aromatic rings. The molecular weight excluding hydrogens is 863 g/mol. The number of hydrogen-bond acceptors (Lipinski definition) is 13. The number of phenols is 1. The number of amides is 11. The molecule has 1 aliphatic rings. The number of nitrogens with one attached hydrogen (secondary N) is 7. The van der Waals surface area contributed by atoms with Gasteiger partial charge in [0.15, 0.2) is 0 Å². The number of likely N-dealkylation sites (N-methyl/N-ethyl adjacent to an activating group) is 1. The average molecular weight is 922 g/mol. The van der Waals surface area contributed by atoms with E-state index in [9.17, 15) is 62.4 Å². The molecular formula is C39H59N11O13S. The summed E-state index contributed by atoms with van der Waals surface area (Å²) in [5, 5.41) is 26.8. The summed E-state index contributed by atoms with van der Waals surface area (Å²) in [7, 11) is 1.18. The highest BCUT2D eigenvalue weighted by atomic mass is 32.2. The molecule has 0 aromatic heterocycles. The fourth-order valence-corrected chi connectivity index (χ4v) is 7.24. The van der Waals surface area contributed by atoms with Crippen LogP contribution in [0.4, 0.5) is 0 Å². The van der Waals surface area contributed by atoms with Crippen molar-refractivity contribution >= 4 is 76.2 Å². The monoisotopic (exact) mass is 921 g/mol. The second-order valence-electron chi connectivity index (χ2n) is 15.3. The van der Waals surface area contributed by atoms with Gasteiger partial charge >= 0.3 is 0 Å². The zero-order valence-electron chi connectivity index (χ0n) is 36.1. The van der Waals surface area contributed by atoms with Gasteiger partial charge < -0.3 is 69.0 Å². The molecule has 14 N–H and O–H groups in total. The van der Waals surface area contributed by atoms with E-state index in [0.717, 1.165) is 4.90 Å². The zero-order chi connectivity index (χ0) is 48.3.